The molecule has 2 N–H and O–H groups in total. The van der Waals surface area contributed by atoms with Crippen molar-refractivity contribution in [2.75, 3.05) is 33.0 Å². The Kier molecular flexibility index (Phi) is 5.08. The Morgan fingerprint density at radius 3 is 2.81 bits per heavy atom. The van der Waals surface area contributed by atoms with Crippen molar-refractivity contribution < 1.29 is 23.7 Å². The molecule has 7 nitrogen and oxygen atoms in total. The van der Waals surface area contributed by atoms with Gasteiger partial charge in [0.05, 0.1) is 31.6 Å². The molecular weight excluding hydrogens is 276 g/mol. The molecule has 120 valence electrons. The van der Waals surface area contributed by atoms with Gasteiger partial charge in [-0.25, -0.2) is 4.79 Å². The van der Waals surface area contributed by atoms with E-state index in [9.17, 15) is 4.79 Å². The molecule has 1 unspecified atom stereocenters. The predicted molar refractivity (Wildman–Crippen MR) is 75.8 cm³/mol. The second kappa shape index (κ2) is 6.64. The SMILES string of the molecule is CC(C)(C)OC(=O)NCC1(NC2COC=CCO2)COC1. The van der Waals surface area contributed by atoms with Crippen molar-refractivity contribution in [1.29, 1.82) is 0 Å². The van der Waals surface area contributed by atoms with E-state index in [2.05, 4.69) is 10.6 Å². The molecule has 1 fully saturated rings. The zero-order valence-electron chi connectivity index (χ0n) is 12.8. The Balaban J connectivity index is 1.79. The topological polar surface area (TPSA) is 78.1 Å². The molecule has 2 rings (SSSR count). The van der Waals surface area contributed by atoms with Crippen LogP contribution >= 0.6 is 0 Å². The maximum Gasteiger partial charge on any atom is 0.407 e. The normalized spacial score (nSPS) is 24.4. The van der Waals surface area contributed by atoms with E-state index >= 15 is 0 Å². The van der Waals surface area contributed by atoms with Gasteiger partial charge in [0.2, 0.25) is 0 Å². The molecular formula is C14H24N2O5. The van der Waals surface area contributed by atoms with Crippen LogP contribution in [-0.2, 0) is 18.9 Å². The molecule has 0 aromatic rings. The smallest absolute Gasteiger partial charge is 0.407 e. The maximum absolute atomic E-state index is 11.7. The molecule has 2 aliphatic rings. The standard InChI is InChI=1S/C14H24N2O5/c1-13(2,3)21-12(17)15-8-14(9-19-10-14)16-11-7-18-5-4-6-20-11/h4-5,11,16H,6-10H2,1-3H3,(H,15,17). The van der Waals surface area contributed by atoms with Gasteiger partial charge >= 0.3 is 6.09 Å². The van der Waals surface area contributed by atoms with Crippen LogP contribution < -0.4 is 10.6 Å². The van der Waals surface area contributed by atoms with E-state index in [1.807, 2.05) is 26.8 Å². The second-order valence-electron chi connectivity index (χ2n) is 6.30. The van der Waals surface area contributed by atoms with Crippen molar-refractivity contribution in [3.05, 3.63) is 12.3 Å². The van der Waals surface area contributed by atoms with Crippen LogP contribution in [-0.4, -0.2) is 56.4 Å². The van der Waals surface area contributed by atoms with Crippen LogP contribution in [0.5, 0.6) is 0 Å². The number of ether oxygens (including phenoxy) is 4. The van der Waals surface area contributed by atoms with Gasteiger partial charge < -0.3 is 24.3 Å². The summed E-state index contributed by atoms with van der Waals surface area (Å²) in [6.07, 6.45) is 2.77. The molecule has 1 saturated heterocycles. The summed E-state index contributed by atoms with van der Waals surface area (Å²) in [6, 6.07) is 0. The minimum absolute atomic E-state index is 0.232. The minimum Gasteiger partial charge on any atom is -0.497 e. The van der Waals surface area contributed by atoms with Crippen molar-refractivity contribution in [2.45, 2.75) is 38.1 Å². The predicted octanol–water partition coefficient (Wildman–Crippen LogP) is 0.756. The number of hydrogen-bond acceptors (Lipinski definition) is 6. The number of amides is 1. The lowest BCUT2D eigenvalue weighted by atomic mass is 9.97. The lowest BCUT2D eigenvalue weighted by Gasteiger charge is -2.44. The first-order valence-electron chi connectivity index (χ1n) is 7.09. The summed E-state index contributed by atoms with van der Waals surface area (Å²) >= 11 is 0. The van der Waals surface area contributed by atoms with Gasteiger partial charge in [-0.1, -0.05) is 0 Å². The van der Waals surface area contributed by atoms with Gasteiger partial charge in [-0.15, -0.1) is 0 Å². The highest BCUT2D eigenvalue weighted by atomic mass is 16.6. The second-order valence-corrected chi connectivity index (χ2v) is 6.30. The molecule has 1 amide bonds. The fraction of sp³-hybridized carbons (Fsp3) is 0.786. The Bertz CT molecular complexity index is 377. The molecule has 2 heterocycles. The monoisotopic (exact) mass is 300 g/mol. The van der Waals surface area contributed by atoms with E-state index in [1.165, 1.54) is 0 Å². The molecule has 0 spiro atoms. The number of carbonyl (C=O) groups is 1. The van der Waals surface area contributed by atoms with E-state index in [0.717, 1.165) is 0 Å². The highest BCUT2D eigenvalue weighted by Gasteiger charge is 2.41. The molecule has 0 radical (unpaired) electrons. The summed E-state index contributed by atoms with van der Waals surface area (Å²) in [5.41, 5.74) is -0.847. The number of rotatable bonds is 4. The lowest BCUT2D eigenvalue weighted by Crippen LogP contribution is -2.69. The van der Waals surface area contributed by atoms with Crippen molar-refractivity contribution in [1.82, 2.24) is 10.6 Å². The number of alkyl carbamates (subject to hydrolysis) is 1. The number of carbonyl (C=O) groups excluding carboxylic acids is 1. The molecule has 1 atom stereocenters. The molecule has 7 heteroatoms. The van der Waals surface area contributed by atoms with E-state index < -0.39 is 11.7 Å². The Morgan fingerprint density at radius 1 is 1.43 bits per heavy atom. The van der Waals surface area contributed by atoms with Crippen molar-refractivity contribution >= 4 is 6.09 Å². The van der Waals surface area contributed by atoms with Crippen LogP contribution in [0.3, 0.4) is 0 Å². The zero-order chi connectivity index (χ0) is 15.3. The molecule has 0 aromatic carbocycles. The molecule has 0 aliphatic carbocycles. The van der Waals surface area contributed by atoms with E-state index in [0.29, 0.717) is 33.0 Å². The first kappa shape index (κ1) is 16.1. The van der Waals surface area contributed by atoms with Crippen molar-refractivity contribution in [3.8, 4) is 0 Å². The van der Waals surface area contributed by atoms with Crippen LogP contribution in [0.25, 0.3) is 0 Å². The summed E-state index contributed by atoms with van der Waals surface area (Å²) < 4.78 is 21.4. The lowest BCUT2D eigenvalue weighted by molar-refractivity contribution is -0.111. The molecule has 0 bridgehead atoms. The minimum atomic E-state index is -0.509. The van der Waals surface area contributed by atoms with Crippen molar-refractivity contribution in [2.24, 2.45) is 0 Å². The van der Waals surface area contributed by atoms with Crippen LogP contribution in [0.15, 0.2) is 12.3 Å². The number of nitrogens with one attached hydrogen (secondary N) is 2. The largest absolute Gasteiger partial charge is 0.497 e. The third-order valence-corrected chi connectivity index (χ3v) is 3.03. The van der Waals surface area contributed by atoms with Crippen LogP contribution in [0.1, 0.15) is 20.8 Å². The average molecular weight is 300 g/mol. The summed E-state index contributed by atoms with van der Waals surface area (Å²) in [7, 11) is 0. The van der Waals surface area contributed by atoms with E-state index in [1.54, 1.807) is 6.26 Å². The summed E-state index contributed by atoms with van der Waals surface area (Å²) in [6.45, 7) is 7.84. The fourth-order valence-electron chi connectivity index (χ4n) is 2.04. The Morgan fingerprint density at radius 2 is 2.19 bits per heavy atom. The summed E-state index contributed by atoms with van der Waals surface area (Å²) in [5.74, 6) is 0. The molecule has 0 aromatic heterocycles. The zero-order valence-corrected chi connectivity index (χ0v) is 12.8. The first-order chi connectivity index (χ1) is 9.89. The van der Waals surface area contributed by atoms with Gasteiger partial charge in [0, 0.05) is 6.54 Å². The maximum atomic E-state index is 11.7. The van der Waals surface area contributed by atoms with E-state index in [-0.39, 0.29) is 11.8 Å². The van der Waals surface area contributed by atoms with Gasteiger partial charge in [0.1, 0.15) is 18.4 Å². The van der Waals surface area contributed by atoms with Crippen LogP contribution in [0, 0.1) is 0 Å². The van der Waals surface area contributed by atoms with Crippen LogP contribution in [0.2, 0.25) is 0 Å². The quantitative estimate of drug-likeness (QED) is 0.798. The van der Waals surface area contributed by atoms with E-state index in [4.69, 9.17) is 18.9 Å². The highest BCUT2D eigenvalue weighted by Crippen LogP contribution is 2.18. The van der Waals surface area contributed by atoms with Gasteiger partial charge in [0.25, 0.3) is 0 Å². The average Bonchev–Trinajstić information content (AvgIpc) is 2.58. The Hall–Kier alpha value is -1.31. The third-order valence-electron chi connectivity index (χ3n) is 3.03. The molecule has 2 aliphatic heterocycles. The van der Waals surface area contributed by atoms with Gasteiger partial charge in [-0.2, -0.15) is 0 Å². The fourth-order valence-corrected chi connectivity index (χ4v) is 2.04. The van der Waals surface area contributed by atoms with Crippen molar-refractivity contribution in [3.63, 3.8) is 0 Å². The summed E-state index contributed by atoms with van der Waals surface area (Å²) in [4.78, 5) is 11.7. The third kappa shape index (κ3) is 5.18. The van der Waals surface area contributed by atoms with Gasteiger partial charge in [0.15, 0.2) is 0 Å². The summed E-state index contributed by atoms with van der Waals surface area (Å²) in [5, 5.41) is 6.12. The van der Waals surface area contributed by atoms with Gasteiger partial charge in [-0.3, -0.25) is 5.32 Å². The molecule has 0 saturated carbocycles. The van der Waals surface area contributed by atoms with Crippen LogP contribution in [0.4, 0.5) is 4.79 Å². The molecule has 21 heavy (non-hydrogen) atoms. The first-order valence-corrected chi connectivity index (χ1v) is 7.09. The number of hydrogen-bond donors (Lipinski definition) is 2. The van der Waals surface area contributed by atoms with Gasteiger partial charge in [-0.05, 0) is 26.8 Å². The highest BCUT2D eigenvalue weighted by molar-refractivity contribution is 5.67. The Labute approximate surface area is 124 Å².